The van der Waals surface area contributed by atoms with Crippen LogP contribution in [0.25, 0.3) is 71.3 Å². The van der Waals surface area contributed by atoms with Crippen LogP contribution in [-0.4, -0.2) is 4.57 Å². The van der Waals surface area contributed by atoms with Gasteiger partial charge in [-0.1, -0.05) is 127 Å². The number of furan rings is 1. The summed E-state index contributed by atoms with van der Waals surface area (Å²) in [5.74, 6) is 0. The molecule has 0 bridgehead atoms. The van der Waals surface area contributed by atoms with Gasteiger partial charge in [-0.15, -0.1) is 0 Å². The lowest BCUT2D eigenvalue weighted by Crippen LogP contribution is -2.12. The summed E-state index contributed by atoms with van der Waals surface area (Å²) < 4.78 is 9.12. The minimum absolute atomic E-state index is 0.862. The highest BCUT2D eigenvalue weighted by Gasteiger charge is 2.25. The largest absolute Gasteiger partial charge is 0.454 e. The third kappa shape index (κ3) is 4.29. The monoisotopic (exact) mass is 626 g/mol. The molecule has 0 aliphatic carbocycles. The molecule has 0 saturated carbocycles. The molecule has 0 fully saturated rings. The Morgan fingerprint density at radius 1 is 0.429 bits per heavy atom. The quantitative estimate of drug-likeness (QED) is 0.190. The van der Waals surface area contributed by atoms with Crippen molar-refractivity contribution < 1.29 is 4.42 Å². The van der Waals surface area contributed by atoms with E-state index >= 15 is 0 Å². The summed E-state index contributed by atoms with van der Waals surface area (Å²) in [5, 5.41) is 7.03. The lowest BCUT2D eigenvalue weighted by Gasteiger charge is -2.29. The van der Waals surface area contributed by atoms with Crippen molar-refractivity contribution in [2.45, 2.75) is 0 Å². The van der Waals surface area contributed by atoms with E-state index in [0.717, 1.165) is 61.3 Å². The molecule has 2 aromatic heterocycles. The van der Waals surface area contributed by atoms with Crippen LogP contribution in [0.1, 0.15) is 0 Å². The van der Waals surface area contributed by atoms with Gasteiger partial charge >= 0.3 is 0 Å². The number of benzene rings is 8. The summed E-state index contributed by atoms with van der Waals surface area (Å²) in [4.78, 5) is 2.42. The van der Waals surface area contributed by atoms with Crippen LogP contribution in [0.15, 0.2) is 186 Å². The summed E-state index contributed by atoms with van der Waals surface area (Å²) in [5.41, 5.74) is 10.7. The van der Waals surface area contributed by atoms with E-state index in [1.165, 1.54) is 27.1 Å². The number of hydrogen-bond donors (Lipinski definition) is 0. The molecule has 0 atom stereocenters. The van der Waals surface area contributed by atoms with Gasteiger partial charge in [0.15, 0.2) is 5.58 Å². The molecule has 0 N–H and O–H groups in total. The van der Waals surface area contributed by atoms with Gasteiger partial charge in [-0.25, -0.2) is 0 Å². The first-order chi connectivity index (χ1) is 24.3. The van der Waals surface area contributed by atoms with Crippen molar-refractivity contribution >= 4 is 71.6 Å². The summed E-state index contributed by atoms with van der Waals surface area (Å²) >= 11 is 0. The van der Waals surface area contributed by atoms with Crippen LogP contribution in [0, 0.1) is 0 Å². The molecule has 0 aliphatic rings. The molecule has 0 unspecified atom stereocenters. The van der Waals surface area contributed by atoms with E-state index in [4.69, 9.17) is 4.42 Å². The van der Waals surface area contributed by atoms with E-state index < -0.39 is 0 Å². The lowest BCUT2D eigenvalue weighted by atomic mass is 9.98. The smallest absolute Gasteiger partial charge is 0.159 e. The Balaban J connectivity index is 1.33. The average Bonchev–Trinajstić information content (AvgIpc) is 3.72. The maximum Gasteiger partial charge on any atom is 0.159 e. The molecule has 0 radical (unpaired) electrons. The zero-order valence-corrected chi connectivity index (χ0v) is 26.6. The van der Waals surface area contributed by atoms with Crippen LogP contribution in [0.2, 0.25) is 0 Å². The van der Waals surface area contributed by atoms with E-state index in [0.29, 0.717) is 0 Å². The number of aromatic nitrogens is 1. The van der Waals surface area contributed by atoms with E-state index in [-0.39, 0.29) is 0 Å². The molecular formula is C46H30N2O. The second-order valence-electron chi connectivity index (χ2n) is 12.5. The van der Waals surface area contributed by atoms with Gasteiger partial charge in [-0.3, -0.25) is 0 Å². The minimum atomic E-state index is 0.862. The molecule has 8 aromatic carbocycles. The molecule has 2 heterocycles. The normalized spacial score (nSPS) is 11.7. The average molecular weight is 627 g/mol. The van der Waals surface area contributed by atoms with Crippen LogP contribution in [-0.2, 0) is 0 Å². The number of fused-ring (bicyclic) bond motifs is 7. The fourth-order valence-corrected chi connectivity index (χ4v) is 7.61. The summed E-state index contributed by atoms with van der Waals surface area (Å²) in [6.07, 6.45) is 0. The first kappa shape index (κ1) is 27.5. The topological polar surface area (TPSA) is 21.3 Å². The van der Waals surface area contributed by atoms with Crippen molar-refractivity contribution in [3.8, 4) is 16.8 Å². The molecule has 3 nitrogen and oxygen atoms in total. The molecule has 0 saturated heterocycles. The van der Waals surface area contributed by atoms with Crippen LogP contribution >= 0.6 is 0 Å². The number of rotatable bonds is 5. The second kappa shape index (κ2) is 11.0. The van der Waals surface area contributed by atoms with Crippen molar-refractivity contribution in [3.63, 3.8) is 0 Å². The highest BCUT2D eigenvalue weighted by Crippen LogP contribution is 2.49. The molecule has 230 valence electrons. The van der Waals surface area contributed by atoms with Crippen LogP contribution in [0.5, 0.6) is 0 Å². The Morgan fingerprint density at radius 3 is 2.00 bits per heavy atom. The number of para-hydroxylation sites is 5. The maximum atomic E-state index is 6.74. The van der Waals surface area contributed by atoms with Crippen LogP contribution < -0.4 is 4.90 Å². The Morgan fingerprint density at radius 2 is 1.08 bits per heavy atom. The maximum absolute atomic E-state index is 6.74. The van der Waals surface area contributed by atoms with Gasteiger partial charge in [0.2, 0.25) is 0 Å². The first-order valence-electron chi connectivity index (χ1n) is 16.7. The third-order valence-electron chi connectivity index (χ3n) is 9.76. The van der Waals surface area contributed by atoms with Crippen molar-refractivity contribution in [3.05, 3.63) is 182 Å². The molecule has 0 spiro atoms. The Labute approximate surface area is 283 Å². The fourth-order valence-electron chi connectivity index (χ4n) is 7.61. The van der Waals surface area contributed by atoms with Gasteiger partial charge in [0.1, 0.15) is 5.58 Å². The van der Waals surface area contributed by atoms with Gasteiger partial charge in [0.25, 0.3) is 0 Å². The summed E-state index contributed by atoms with van der Waals surface area (Å²) in [6.45, 7) is 0. The summed E-state index contributed by atoms with van der Waals surface area (Å²) in [6, 6.07) is 64.9. The number of anilines is 3. The SMILES string of the molecule is c1ccc(-n2c3ccccc3c3c(N(c4ccccc4-c4ccc5ccccc5c4)c4cccc5c4oc4ccccc45)cccc32)cc1. The molecule has 10 rings (SSSR count). The summed E-state index contributed by atoms with van der Waals surface area (Å²) in [7, 11) is 0. The highest BCUT2D eigenvalue weighted by molar-refractivity contribution is 6.18. The predicted octanol–water partition coefficient (Wildman–Crippen LogP) is 13.0. The first-order valence-corrected chi connectivity index (χ1v) is 16.7. The molecule has 3 heteroatoms. The highest BCUT2D eigenvalue weighted by atomic mass is 16.3. The van der Waals surface area contributed by atoms with E-state index in [2.05, 4.69) is 185 Å². The van der Waals surface area contributed by atoms with Gasteiger partial charge in [0, 0.05) is 32.8 Å². The fraction of sp³-hybridized carbons (Fsp3) is 0. The second-order valence-corrected chi connectivity index (χ2v) is 12.5. The lowest BCUT2D eigenvalue weighted by molar-refractivity contribution is 0.669. The van der Waals surface area contributed by atoms with E-state index in [1.54, 1.807) is 0 Å². The Kier molecular flexibility index (Phi) is 6.18. The molecule has 10 aromatic rings. The zero-order chi connectivity index (χ0) is 32.3. The Bertz CT molecular complexity index is 2840. The zero-order valence-electron chi connectivity index (χ0n) is 26.6. The third-order valence-corrected chi connectivity index (χ3v) is 9.76. The predicted molar refractivity (Wildman–Crippen MR) is 206 cm³/mol. The standard InChI is InChI=1S/C46H30N2O/c1-2-16-34(17-3-1)47-40-23-10-7-20-38(40)45-41(47)24-13-25-42(45)48(43-26-12-21-37-36-19-8-11-27-44(36)49-46(37)43)39-22-9-6-18-35(39)33-29-28-31-14-4-5-15-32(31)30-33/h1-30H. The van der Waals surface area contributed by atoms with Crippen molar-refractivity contribution in [1.82, 2.24) is 4.57 Å². The van der Waals surface area contributed by atoms with Gasteiger partial charge < -0.3 is 13.9 Å². The van der Waals surface area contributed by atoms with Gasteiger partial charge in [-0.05, 0) is 70.9 Å². The number of nitrogens with zero attached hydrogens (tertiary/aromatic N) is 2. The van der Waals surface area contributed by atoms with Crippen molar-refractivity contribution in [1.29, 1.82) is 0 Å². The number of hydrogen-bond acceptors (Lipinski definition) is 2. The minimum Gasteiger partial charge on any atom is -0.454 e. The van der Waals surface area contributed by atoms with Crippen LogP contribution in [0.3, 0.4) is 0 Å². The Hall–Kier alpha value is -6.58. The van der Waals surface area contributed by atoms with E-state index in [1.807, 2.05) is 6.07 Å². The molecule has 0 amide bonds. The molecular weight excluding hydrogens is 597 g/mol. The van der Waals surface area contributed by atoms with Gasteiger partial charge in [0.05, 0.1) is 28.1 Å². The molecule has 0 aliphatic heterocycles. The van der Waals surface area contributed by atoms with E-state index in [9.17, 15) is 0 Å². The van der Waals surface area contributed by atoms with Crippen molar-refractivity contribution in [2.24, 2.45) is 0 Å². The van der Waals surface area contributed by atoms with Crippen molar-refractivity contribution in [2.75, 3.05) is 4.90 Å². The molecule has 49 heavy (non-hydrogen) atoms. The van der Waals surface area contributed by atoms with Gasteiger partial charge in [-0.2, -0.15) is 0 Å². The van der Waals surface area contributed by atoms with Crippen LogP contribution in [0.4, 0.5) is 17.1 Å².